The Morgan fingerprint density at radius 2 is 1.70 bits per heavy atom. The van der Waals surface area contributed by atoms with Gasteiger partial charge in [-0.2, -0.15) is 0 Å². The molecule has 0 aromatic heterocycles. The lowest BCUT2D eigenvalue weighted by Gasteiger charge is -2.34. The highest BCUT2D eigenvalue weighted by Crippen LogP contribution is 2.37. The van der Waals surface area contributed by atoms with Crippen LogP contribution in [0.3, 0.4) is 0 Å². The molecular formula is C16H22N2O2. The molecule has 20 heavy (non-hydrogen) atoms. The molecule has 0 radical (unpaired) electrons. The number of hydrogen-bond donors (Lipinski definition) is 2. The lowest BCUT2D eigenvalue weighted by Crippen LogP contribution is -2.42. The van der Waals surface area contributed by atoms with E-state index in [2.05, 4.69) is 6.07 Å². The minimum atomic E-state index is -0.451. The number of hydrogen-bond acceptors (Lipinski definition) is 2. The number of carbonyl (C=O) groups is 2. The highest BCUT2D eigenvalue weighted by atomic mass is 16.1. The molecule has 2 amide bonds. The van der Waals surface area contributed by atoms with Crippen molar-refractivity contribution in [1.82, 2.24) is 0 Å². The highest BCUT2D eigenvalue weighted by molar-refractivity contribution is 5.82. The van der Waals surface area contributed by atoms with Gasteiger partial charge in [-0.3, -0.25) is 9.59 Å². The molecule has 0 atom stereocenters. The Morgan fingerprint density at radius 1 is 1.05 bits per heavy atom. The summed E-state index contributed by atoms with van der Waals surface area (Å²) in [4.78, 5) is 22.6. The molecule has 4 nitrogen and oxygen atoms in total. The maximum atomic E-state index is 11.9. The first-order valence-corrected chi connectivity index (χ1v) is 7.18. The number of benzene rings is 1. The Bertz CT molecular complexity index is 490. The SMILES string of the molecule is NC(=O)CCCCCC1(C(N)=O)Cc2cccc(c2)C1. The van der Waals surface area contributed by atoms with Gasteiger partial charge in [0.1, 0.15) is 0 Å². The first-order chi connectivity index (χ1) is 9.52. The summed E-state index contributed by atoms with van der Waals surface area (Å²) in [5, 5.41) is 0. The van der Waals surface area contributed by atoms with Crippen LogP contribution in [0.15, 0.2) is 24.3 Å². The third-order valence-electron chi connectivity index (χ3n) is 4.18. The maximum Gasteiger partial charge on any atom is 0.224 e. The standard InChI is InChI=1S/C16H22N2O2/c17-14(19)7-2-1-3-8-16(15(18)20)10-12-5-4-6-13(9-12)11-16/h4-6,9H,1-3,7-8,10-11H2,(H2,17,19)(H2,18,20). The third kappa shape index (κ3) is 3.38. The average Bonchev–Trinajstić information content (AvgIpc) is 2.37. The van der Waals surface area contributed by atoms with Gasteiger partial charge in [0.2, 0.25) is 11.8 Å². The van der Waals surface area contributed by atoms with Crippen molar-refractivity contribution in [3.63, 3.8) is 0 Å². The number of unbranched alkanes of at least 4 members (excludes halogenated alkanes) is 2. The predicted octanol–water partition coefficient (Wildman–Crippen LogP) is 1.69. The van der Waals surface area contributed by atoms with Gasteiger partial charge in [0.25, 0.3) is 0 Å². The van der Waals surface area contributed by atoms with Crippen LogP contribution >= 0.6 is 0 Å². The van der Waals surface area contributed by atoms with Gasteiger partial charge in [-0.25, -0.2) is 0 Å². The van der Waals surface area contributed by atoms with E-state index in [4.69, 9.17) is 11.5 Å². The number of amides is 2. The number of rotatable bonds is 7. The molecule has 0 unspecified atom stereocenters. The summed E-state index contributed by atoms with van der Waals surface area (Å²) in [5.74, 6) is -0.471. The summed E-state index contributed by atoms with van der Waals surface area (Å²) in [7, 11) is 0. The normalized spacial score (nSPS) is 15.8. The molecule has 4 N–H and O–H groups in total. The monoisotopic (exact) mass is 274 g/mol. The summed E-state index contributed by atoms with van der Waals surface area (Å²) in [6.45, 7) is 0. The molecule has 0 fully saturated rings. The van der Waals surface area contributed by atoms with Gasteiger partial charge in [-0.1, -0.05) is 37.1 Å². The molecule has 1 aromatic carbocycles. The van der Waals surface area contributed by atoms with Crippen LogP contribution in [0.4, 0.5) is 0 Å². The van der Waals surface area contributed by atoms with Crippen molar-refractivity contribution in [3.8, 4) is 0 Å². The Hall–Kier alpha value is -1.84. The molecule has 4 heteroatoms. The summed E-state index contributed by atoms with van der Waals surface area (Å²) < 4.78 is 0. The van der Waals surface area contributed by atoms with Crippen molar-refractivity contribution in [2.75, 3.05) is 0 Å². The molecule has 0 spiro atoms. The van der Waals surface area contributed by atoms with Crippen molar-refractivity contribution in [1.29, 1.82) is 0 Å². The molecule has 0 aliphatic heterocycles. The summed E-state index contributed by atoms with van der Waals surface area (Å²) in [5.41, 5.74) is 12.7. The number of carbonyl (C=O) groups excluding carboxylic acids is 2. The molecule has 1 aromatic rings. The van der Waals surface area contributed by atoms with Crippen LogP contribution < -0.4 is 11.5 Å². The fourth-order valence-corrected chi connectivity index (χ4v) is 3.11. The minimum Gasteiger partial charge on any atom is -0.370 e. The van der Waals surface area contributed by atoms with E-state index in [-0.39, 0.29) is 11.8 Å². The first-order valence-electron chi connectivity index (χ1n) is 7.18. The van der Waals surface area contributed by atoms with E-state index in [0.29, 0.717) is 6.42 Å². The van der Waals surface area contributed by atoms with Crippen molar-refractivity contribution >= 4 is 11.8 Å². The third-order valence-corrected chi connectivity index (χ3v) is 4.18. The van der Waals surface area contributed by atoms with Crippen LogP contribution in [0.1, 0.15) is 43.2 Å². The Morgan fingerprint density at radius 3 is 2.25 bits per heavy atom. The molecule has 0 heterocycles. The molecule has 1 aliphatic carbocycles. The van der Waals surface area contributed by atoms with Gasteiger partial charge >= 0.3 is 0 Å². The van der Waals surface area contributed by atoms with Gasteiger partial charge in [0.05, 0.1) is 5.41 Å². The summed E-state index contributed by atoms with van der Waals surface area (Å²) in [6.07, 6.45) is 5.26. The number of fused-ring (bicyclic) bond motifs is 2. The van der Waals surface area contributed by atoms with Crippen LogP contribution in [0.25, 0.3) is 0 Å². The first kappa shape index (κ1) is 14.6. The van der Waals surface area contributed by atoms with Crippen LogP contribution in [-0.2, 0) is 22.4 Å². The minimum absolute atomic E-state index is 0.209. The lowest BCUT2D eigenvalue weighted by atomic mass is 9.69. The molecule has 0 saturated carbocycles. The zero-order valence-electron chi connectivity index (χ0n) is 11.7. The molecule has 1 aliphatic rings. The van der Waals surface area contributed by atoms with E-state index in [9.17, 15) is 9.59 Å². The molecule has 2 rings (SSSR count). The largest absolute Gasteiger partial charge is 0.370 e. The van der Waals surface area contributed by atoms with Gasteiger partial charge in [-0.15, -0.1) is 0 Å². The van der Waals surface area contributed by atoms with Crippen molar-refractivity contribution < 1.29 is 9.59 Å². The lowest BCUT2D eigenvalue weighted by molar-refractivity contribution is -0.128. The average molecular weight is 274 g/mol. The van der Waals surface area contributed by atoms with E-state index < -0.39 is 5.41 Å². The van der Waals surface area contributed by atoms with Gasteiger partial charge in [0.15, 0.2) is 0 Å². The van der Waals surface area contributed by atoms with Crippen LogP contribution in [0, 0.1) is 5.41 Å². The van der Waals surface area contributed by atoms with E-state index >= 15 is 0 Å². The van der Waals surface area contributed by atoms with E-state index in [1.165, 1.54) is 11.1 Å². The number of primary amides is 2. The molecule has 2 bridgehead atoms. The van der Waals surface area contributed by atoms with E-state index in [1.54, 1.807) is 0 Å². The Kier molecular flexibility index (Phi) is 4.42. The zero-order valence-corrected chi connectivity index (χ0v) is 11.7. The Balaban J connectivity index is 1.94. The van der Waals surface area contributed by atoms with Crippen LogP contribution in [-0.4, -0.2) is 11.8 Å². The van der Waals surface area contributed by atoms with Gasteiger partial charge < -0.3 is 11.5 Å². The Labute approximate surface area is 119 Å². The highest BCUT2D eigenvalue weighted by Gasteiger charge is 2.38. The zero-order chi connectivity index (χ0) is 14.6. The smallest absolute Gasteiger partial charge is 0.224 e. The van der Waals surface area contributed by atoms with Crippen molar-refractivity contribution in [3.05, 3.63) is 35.4 Å². The van der Waals surface area contributed by atoms with Gasteiger partial charge in [0, 0.05) is 6.42 Å². The fourth-order valence-electron chi connectivity index (χ4n) is 3.11. The van der Waals surface area contributed by atoms with Crippen molar-refractivity contribution in [2.45, 2.75) is 44.9 Å². The molecular weight excluding hydrogens is 252 g/mol. The number of nitrogens with two attached hydrogens (primary N) is 2. The second-order valence-electron chi connectivity index (χ2n) is 5.85. The topological polar surface area (TPSA) is 86.2 Å². The summed E-state index contributed by atoms with van der Waals surface area (Å²) in [6, 6.07) is 8.28. The maximum absolute atomic E-state index is 11.9. The van der Waals surface area contributed by atoms with Gasteiger partial charge in [-0.05, 0) is 36.8 Å². The second-order valence-corrected chi connectivity index (χ2v) is 5.85. The van der Waals surface area contributed by atoms with E-state index in [1.807, 2.05) is 18.2 Å². The quantitative estimate of drug-likeness (QED) is 0.741. The summed E-state index contributed by atoms with van der Waals surface area (Å²) >= 11 is 0. The molecule has 0 saturated heterocycles. The van der Waals surface area contributed by atoms with Crippen molar-refractivity contribution in [2.24, 2.45) is 16.9 Å². The fraction of sp³-hybridized carbons (Fsp3) is 0.500. The second kappa shape index (κ2) is 6.07. The van der Waals surface area contributed by atoms with Crippen LogP contribution in [0.5, 0.6) is 0 Å². The molecule has 108 valence electrons. The van der Waals surface area contributed by atoms with Crippen LogP contribution in [0.2, 0.25) is 0 Å². The van der Waals surface area contributed by atoms with E-state index in [0.717, 1.165) is 38.5 Å². The predicted molar refractivity (Wildman–Crippen MR) is 77.8 cm³/mol.